The van der Waals surface area contributed by atoms with Crippen molar-refractivity contribution in [2.45, 2.75) is 19.0 Å². The minimum atomic E-state index is -0.740. The van der Waals surface area contributed by atoms with Crippen molar-refractivity contribution in [2.24, 2.45) is 17.8 Å². The molecule has 2 aliphatic heterocycles. The van der Waals surface area contributed by atoms with Crippen LogP contribution >= 0.6 is 0 Å². The molecule has 2 aromatic rings. The molecule has 0 aromatic heterocycles. The molecule has 0 radical (unpaired) electrons. The second-order valence-electron chi connectivity index (χ2n) is 9.61. The van der Waals surface area contributed by atoms with Gasteiger partial charge in [0.15, 0.2) is 11.5 Å². The van der Waals surface area contributed by atoms with Gasteiger partial charge < -0.3 is 19.7 Å². The molecule has 2 heterocycles. The molecule has 2 aromatic carbocycles. The standard InChI is InChI=1S/C27H27N3O5/c1-34-21-10-9-19-23(24(21)35-2)27(33)30-20-6-4-3-5-18(20)26(32)29(25(19)30)14-22(31)28-13-17-12-15-7-8-16(17)11-15/h3-10,15-17,25H,11-14H2,1-2H3,(H,28,31)/t15-,16-,17+,25+/m0/s1. The van der Waals surface area contributed by atoms with E-state index in [-0.39, 0.29) is 24.3 Å². The van der Waals surface area contributed by atoms with Crippen LogP contribution < -0.4 is 19.7 Å². The summed E-state index contributed by atoms with van der Waals surface area (Å²) in [7, 11) is 3.00. The number of hydrogen-bond donors (Lipinski definition) is 1. The number of rotatable bonds is 6. The van der Waals surface area contributed by atoms with E-state index in [0.717, 1.165) is 6.42 Å². The Kier molecular flexibility index (Phi) is 5.05. The second kappa shape index (κ2) is 8.15. The molecule has 3 amide bonds. The normalized spacial score (nSPS) is 25.4. The molecule has 4 aliphatic rings. The second-order valence-corrected chi connectivity index (χ2v) is 9.61. The van der Waals surface area contributed by atoms with Gasteiger partial charge in [-0.2, -0.15) is 0 Å². The maximum Gasteiger partial charge on any atom is 0.264 e. The Morgan fingerprint density at radius 1 is 1.03 bits per heavy atom. The molecule has 1 saturated carbocycles. The van der Waals surface area contributed by atoms with Crippen molar-refractivity contribution in [1.82, 2.24) is 10.2 Å². The average molecular weight is 474 g/mol. The molecule has 0 saturated heterocycles. The number of amides is 3. The molecule has 2 aliphatic carbocycles. The molecule has 8 nitrogen and oxygen atoms in total. The van der Waals surface area contributed by atoms with E-state index in [1.807, 2.05) is 0 Å². The number of anilines is 1. The predicted octanol–water partition coefficient (Wildman–Crippen LogP) is 3.15. The number of para-hydroxylation sites is 1. The van der Waals surface area contributed by atoms with Gasteiger partial charge in [0.1, 0.15) is 12.7 Å². The number of nitrogens with one attached hydrogen (secondary N) is 1. The first-order valence-electron chi connectivity index (χ1n) is 11.9. The minimum Gasteiger partial charge on any atom is -0.493 e. The van der Waals surface area contributed by atoms with Gasteiger partial charge in [-0.3, -0.25) is 19.3 Å². The fourth-order valence-corrected chi connectivity index (χ4v) is 6.17. The van der Waals surface area contributed by atoms with E-state index in [1.54, 1.807) is 41.3 Å². The van der Waals surface area contributed by atoms with E-state index in [2.05, 4.69) is 17.5 Å². The lowest BCUT2D eigenvalue weighted by molar-refractivity contribution is -0.122. The number of methoxy groups -OCH3 is 2. The largest absolute Gasteiger partial charge is 0.493 e. The van der Waals surface area contributed by atoms with Crippen molar-refractivity contribution in [3.05, 3.63) is 65.2 Å². The van der Waals surface area contributed by atoms with Crippen molar-refractivity contribution >= 4 is 23.4 Å². The zero-order chi connectivity index (χ0) is 24.3. The lowest BCUT2D eigenvalue weighted by Gasteiger charge is -2.40. The molecule has 180 valence electrons. The average Bonchev–Trinajstić information content (AvgIpc) is 3.58. The Balaban J connectivity index is 1.33. The monoisotopic (exact) mass is 473 g/mol. The third-order valence-electron chi connectivity index (χ3n) is 7.78. The zero-order valence-electron chi connectivity index (χ0n) is 19.7. The maximum absolute atomic E-state index is 13.7. The summed E-state index contributed by atoms with van der Waals surface area (Å²) < 4.78 is 10.9. The number of carbonyl (C=O) groups is 3. The SMILES string of the molecule is COc1ccc2c(c1OC)C(=O)N1c3ccccc3C(=O)N(CC(=O)NC[C@H]3C[C@H]4C=C[C@H]3C4)[C@@H]21. The van der Waals surface area contributed by atoms with Gasteiger partial charge in [-0.25, -0.2) is 0 Å². The van der Waals surface area contributed by atoms with E-state index in [9.17, 15) is 14.4 Å². The van der Waals surface area contributed by atoms with E-state index in [4.69, 9.17) is 9.47 Å². The lowest BCUT2D eigenvalue weighted by Crippen LogP contribution is -2.51. The van der Waals surface area contributed by atoms with Gasteiger partial charge in [0.25, 0.3) is 11.8 Å². The summed E-state index contributed by atoms with van der Waals surface area (Å²) in [6.07, 6.45) is 6.06. The first kappa shape index (κ1) is 21.7. The van der Waals surface area contributed by atoms with E-state index < -0.39 is 6.17 Å². The molecule has 6 rings (SSSR count). The van der Waals surface area contributed by atoms with Gasteiger partial charge in [-0.1, -0.05) is 30.4 Å². The molecular formula is C27H27N3O5. The molecule has 35 heavy (non-hydrogen) atoms. The highest BCUT2D eigenvalue weighted by Crippen LogP contribution is 2.49. The van der Waals surface area contributed by atoms with Crippen LogP contribution in [0.15, 0.2) is 48.6 Å². The molecule has 0 spiro atoms. The third-order valence-corrected chi connectivity index (χ3v) is 7.78. The highest BCUT2D eigenvalue weighted by atomic mass is 16.5. The third kappa shape index (κ3) is 3.23. The summed E-state index contributed by atoms with van der Waals surface area (Å²) in [5, 5.41) is 3.04. The van der Waals surface area contributed by atoms with E-state index in [1.165, 1.54) is 25.5 Å². The lowest BCUT2D eigenvalue weighted by atomic mass is 9.93. The number of fused-ring (bicyclic) bond motifs is 7. The summed E-state index contributed by atoms with van der Waals surface area (Å²) in [5.74, 6) is 1.55. The van der Waals surface area contributed by atoms with Gasteiger partial charge in [0, 0.05) is 12.1 Å². The van der Waals surface area contributed by atoms with Crippen molar-refractivity contribution < 1.29 is 23.9 Å². The Labute approximate surface area is 203 Å². The number of allylic oxidation sites excluding steroid dienone is 2. The molecule has 2 bridgehead atoms. The highest BCUT2D eigenvalue weighted by Gasteiger charge is 2.50. The van der Waals surface area contributed by atoms with E-state index >= 15 is 0 Å². The Morgan fingerprint density at radius 2 is 1.86 bits per heavy atom. The number of hydrogen-bond acceptors (Lipinski definition) is 5. The van der Waals surface area contributed by atoms with Crippen LogP contribution in [0.25, 0.3) is 0 Å². The fraction of sp³-hybridized carbons (Fsp3) is 0.370. The molecular weight excluding hydrogens is 446 g/mol. The van der Waals surface area contributed by atoms with Crippen LogP contribution in [-0.4, -0.2) is 49.9 Å². The highest BCUT2D eigenvalue weighted by molar-refractivity contribution is 6.18. The zero-order valence-corrected chi connectivity index (χ0v) is 19.7. The minimum absolute atomic E-state index is 0.147. The van der Waals surface area contributed by atoms with Crippen LogP contribution in [-0.2, 0) is 4.79 Å². The van der Waals surface area contributed by atoms with Crippen LogP contribution in [0.2, 0.25) is 0 Å². The van der Waals surface area contributed by atoms with Crippen molar-refractivity contribution in [1.29, 1.82) is 0 Å². The molecule has 4 atom stereocenters. The number of benzene rings is 2. The summed E-state index contributed by atoms with van der Waals surface area (Å²) in [6, 6.07) is 10.5. The topological polar surface area (TPSA) is 88.2 Å². The Bertz CT molecular complexity index is 1270. The van der Waals surface area contributed by atoms with Crippen LogP contribution in [0.5, 0.6) is 11.5 Å². The predicted molar refractivity (Wildman–Crippen MR) is 128 cm³/mol. The summed E-state index contributed by atoms with van der Waals surface area (Å²) in [4.78, 5) is 43.4. The van der Waals surface area contributed by atoms with Gasteiger partial charge >= 0.3 is 0 Å². The molecule has 0 unspecified atom stereocenters. The van der Waals surface area contributed by atoms with Crippen molar-refractivity contribution in [2.75, 3.05) is 32.2 Å². The first-order valence-corrected chi connectivity index (χ1v) is 11.9. The summed E-state index contributed by atoms with van der Waals surface area (Å²) in [6.45, 7) is 0.448. The summed E-state index contributed by atoms with van der Waals surface area (Å²) in [5.41, 5.74) is 1.87. The van der Waals surface area contributed by atoms with Gasteiger partial charge in [-0.15, -0.1) is 0 Å². The number of carbonyl (C=O) groups excluding carboxylic acids is 3. The maximum atomic E-state index is 13.7. The fourth-order valence-electron chi connectivity index (χ4n) is 6.17. The number of ether oxygens (including phenoxy) is 2. The van der Waals surface area contributed by atoms with Crippen LogP contribution in [0, 0.1) is 17.8 Å². The van der Waals surface area contributed by atoms with Crippen LogP contribution in [0.1, 0.15) is 45.3 Å². The van der Waals surface area contributed by atoms with Crippen molar-refractivity contribution in [3.8, 4) is 11.5 Å². The van der Waals surface area contributed by atoms with Gasteiger partial charge in [0.05, 0.1) is 31.0 Å². The quantitative estimate of drug-likeness (QED) is 0.652. The van der Waals surface area contributed by atoms with Gasteiger partial charge in [0.2, 0.25) is 5.91 Å². The Morgan fingerprint density at radius 3 is 2.57 bits per heavy atom. The van der Waals surface area contributed by atoms with E-state index in [0.29, 0.717) is 58.2 Å². The first-order chi connectivity index (χ1) is 17.0. The van der Waals surface area contributed by atoms with Gasteiger partial charge in [-0.05, 0) is 48.8 Å². The number of nitrogens with zero attached hydrogens (tertiary/aromatic N) is 2. The summed E-state index contributed by atoms with van der Waals surface area (Å²) >= 11 is 0. The molecule has 1 fully saturated rings. The molecule has 1 N–H and O–H groups in total. The Hall–Kier alpha value is -3.81. The smallest absolute Gasteiger partial charge is 0.264 e. The van der Waals surface area contributed by atoms with Crippen LogP contribution in [0.3, 0.4) is 0 Å². The van der Waals surface area contributed by atoms with Crippen LogP contribution in [0.4, 0.5) is 5.69 Å². The van der Waals surface area contributed by atoms with Crippen molar-refractivity contribution in [3.63, 3.8) is 0 Å². The molecule has 8 heteroatoms.